The summed E-state index contributed by atoms with van der Waals surface area (Å²) in [7, 11) is 1.61. The third kappa shape index (κ3) is 6.05. The quantitative estimate of drug-likeness (QED) is 0.766. The van der Waals surface area contributed by atoms with Crippen molar-refractivity contribution in [3.05, 3.63) is 24.3 Å². The number of rotatable bonds is 7. The summed E-state index contributed by atoms with van der Waals surface area (Å²) in [6.07, 6.45) is 2.27. The minimum absolute atomic E-state index is 0.0816. The SMILES string of the molecule is CC[NH+](CC(=O)Nc1ccc(OC)cc1)CC(=O)N1CCC[C@@H](C)C1. The van der Waals surface area contributed by atoms with Crippen molar-refractivity contribution in [1.82, 2.24) is 4.90 Å². The number of carbonyl (C=O) groups is 2. The second kappa shape index (κ2) is 9.42. The predicted molar refractivity (Wildman–Crippen MR) is 97.8 cm³/mol. The molecule has 1 aromatic rings. The molecule has 0 spiro atoms. The molecule has 1 aromatic carbocycles. The molecule has 0 radical (unpaired) electrons. The molecular formula is C19H30N3O3+. The van der Waals surface area contributed by atoms with Crippen LogP contribution in [0.5, 0.6) is 5.75 Å². The van der Waals surface area contributed by atoms with Crippen molar-refractivity contribution in [3.8, 4) is 5.75 Å². The van der Waals surface area contributed by atoms with E-state index >= 15 is 0 Å². The van der Waals surface area contributed by atoms with Gasteiger partial charge in [-0.25, -0.2) is 0 Å². The molecule has 1 saturated heterocycles. The van der Waals surface area contributed by atoms with E-state index in [2.05, 4.69) is 12.2 Å². The first-order valence-electron chi connectivity index (χ1n) is 9.07. The Balaban J connectivity index is 1.83. The molecule has 1 fully saturated rings. The zero-order valence-electron chi connectivity index (χ0n) is 15.5. The number of quaternary nitrogens is 1. The number of nitrogens with zero attached hydrogens (tertiary/aromatic N) is 1. The normalized spacial score (nSPS) is 18.5. The summed E-state index contributed by atoms with van der Waals surface area (Å²) >= 11 is 0. The molecule has 1 unspecified atom stereocenters. The molecule has 0 saturated carbocycles. The van der Waals surface area contributed by atoms with Crippen LogP contribution in [0.3, 0.4) is 0 Å². The Labute approximate surface area is 150 Å². The number of carbonyl (C=O) groups excluding carboxylic acids is 2. The third-order valence-corrected chi connectivity index (χ3v) is 4.70. The first-order valence-corrected chi connectivity index (χ1v) is 9.07. The number of hydrogen-bond acceptors (Lipinski definition) is 3. The van der Waals surface area contributed by atoms with Gasteiger partial charge in [0.15, 0.2) is 13.1 Å². The number of hydrogen-bond donors (Lipinski definition) is 2. The number of methoxy groups -OCH3 is 1. The Morgan fingerprint density at radius 1 is 1.28 bits per heavy atom. The topological polar surface area (TPSA) is 63.1 Å². The average molecular weight is 348 g/mol. The maximum atomic E-state index is 12.5. The van der Waals surface area contributed by atoms with Gasteiger partial charge in [-0.05, 0) is 49.9 Å². The van der Waals surface area contributed by atoms with Crippen LogP contribution < -0.4 is 15.0 Å². The number of ether oxygens (including phenoxy) is 1. The molecule has 0 aromatic heterocycles. The van der Waals surface area contributed by atoms with Crippen LogP contribution in [0.15, 0.2) is 24.3 Å². The summed E-state index contributed by atoms with van der Waals surface area (Å²) < 4.78 is 5.11. The molecule has 6 nitrogen and oxygen atoms in total. The Morgan fingerprint density at radius 3 is 2.60 bits per heavy atom. The number of benzene rings is 1. The van der Waals surface area contributed by atoms with E-state index in [1.54, 1.807) is 19.2 Å². The number of likely N-dealkylation sites (tertiary alicyclic amines) is 1. The maximum absolute atomic E-state index is 12.5. The van der Waals surface area contributed by atoms with Gasteiger partial charge in [0.2, 0.25) is 0 Å². The van der Waals surface area contributed by atoms with Crippen LogP contribution in [-0.2, 0) is 9.59 Å². The molecular weight excluding hydrogens is 318 g/mol. The largest absolute Gasteiger partial charge is 0.497 e. The van der Waals surface area contributed by atoms with E-state index in [9.17, 15) is 9.59 Å². The van der Waals surface area contributed by atoms with Gasteiger partial charge in [0, 0.05) is 18.8 Å². The number of anilines is 1. The second-order valence-electron chi connectivity index (χ2n) is 6.82. The van der Waals surface area contributed by atoms with Gasteiger partial charge in [0.05, 0.1) is 13.7 Å². The van der Waals surface area contributed by atoms with E-state index in [4.69, 9.17) is 4.74 Å². The van der Waals surface area contributed by atoms with Crippen LogP contribution in [0.2, 0.25) is 0 Å². The average Bonchev–Trinajstić information content (AvgIpc) is 2.61. The van der Waals surface area contributed by atoms with Crippen LogP contribution in [0.1, 0.15) is 26.7 Å². The molecule has 1 heterocycles. The second-order valence-corrected chi connectivity index (χ2v) is 6.82. The molecule has 0 aliphatic carbocycles. The minimum atomic E-state index is -0.0816. The Bertz CT molecular complexity index is 574. The standard InChI is InChI=1S/C19H29N3O3/c1-4-21(14-19(24)22-11-5-6-15(2)12-22)13-18(23)20-16-7-9-17(25-3)10-8-16/h7-10,15H,4-6,11-14H2,1-3H3,(H,20,23)/p+1/t15-/m1/s1. The Kier molecular flexibility index (Phi) is 7.25. The predicted octanol–water partition coefficient (Wildman–Crippen LogP) is 0.797. The van der Waals surface area contributed by atoms with E-state index < -0.39 is 0 Å². The van der Waals surface area contributed by atoms with E-state index in [1.165, 1.54) is 6.42 Å². The lowest BCUT2D eigenvalue weighted by atomic mass is 10.0. The van der Waals surface area contributed by atoms with Crippen LogP contribution in [-0.4, -0.2) is 56.5 Å². The molecule has 138 valence electrons. The summed E-state index contributed by atoms with van der Waals surface area (Å²) in [5.41, 5.74) is 0.734. The van der Waals surface area contributed by atoms with Gasteiger partial charge in [-0.15, -0.1) is 0 Å². The summed E-state index contributed by atoms with van der Waals surface area (Å²) in [5.74, 6) is 1.39. The van der Waals surface area contributed by atoms with E-state index in [-0.39, 0.29) is 18.4 Å². The molecule has 1 aliphatic heterocycles. The molecule has 1 aliphatic rings. The summed E-state index contributed by atoms with van der Waals surface area (Å²) in [5, 5.41) is 2.88. The highest BCUT2D eigenvalue weighted by molar-refractivity contribution is 5.91. The highest BCUT2D eigenvalue weighted by Gasteiger charge is 2.25. The Morgan fingerprint density at radius 2 is 2.00 bits per heavy atom. The lowest BCUT2D eigenvalue weighted by molar-refractivity contribution is -0.882. The smallest absolute Gasteiger partial charge is 0.279 e. The van der Waals surface area contributed by atoms with Gasteiger partial charge in [0.1, 0.15) is 5.75 Å². The van der Waals surface area contributed by atoms with Gasteiger partial charge in [-0.3, -0.25) is 9.59 Å². The molecule has 0 bridgehead atoms. The van der Waals surface area contributed by atoms with Crippen molar-refractivity contribution in [2.75, 3.05) is 45.2 Å². The highest BCUT2D eigenvalue weighted by Crippen LogP contribution is 2.15. The third-order valence-electron chi connectivity index (χ3n) is 4.70. The fourth-order valence-electron chi connectivity index (χ4n) is 3.16. The highest BCUT2D eigenvalue weighted by atomic mass is 16.5. The first kappa shape index (κ1) is 19.2. The van der Waals surface area contributed by atoms with Crippen molar-refractivity contribution in [1.29, 1.82) is 0 Å². The van der Waals surface area contributed by atoms with E-state index in [0.717, 1.165) is 42.4 Å². The van der Waals surface area contributed by atoms with Crippen molar-refractivity contribution >= 4 is 17.5 Å². The molecule has 2 amide bonds. The molecule has 6 heteroatoms. The van der Waals surface area contributed by atoms with Crippen molar-refractivity contribution in [2.24, 2.45) is 5.92 Å². The number of piperidine rings is 1. The zero-order chi connectivity index (χ0) is 18.2. The first-order chi connectivity index (χ1) is 12.0. The molecule has 2 rings (SSSR count). The van der Waals surface area contributed by atoms with Crippen LogP contribution >= 0.6 is 0 Å². The number of likely N-dealkylation sites (N-methyl/N-ethyl adjacent to an activating group) is 1. The number of nitrogens with one attached hydrogen (secondary N) is 2. The van der Waals surface area contributed by atoms with Gasteiger partial charge in [0.25, 0.3) is 11.8 Å². The van der Waals surface area contributed by atoms with Gasteiger partial charge in [-0.1, -0.05) is 6.92 Å². The number of amides is 2. The Hall–Kier alpha value is -2.08. The van der Waals surface area contributed by atoms with Gasteiger partial charge in [-0.2, -0.15) is 0 Å². The fraction of sp³-hybridized carbons (Fsp3) is 0.579. The summed E-state index contributed by atoms with van der Waals surface area (Å²) in [6, 6.07) is 7.23. The van der Waals surface area contributed by atoms with Crippen LogP contribution in [0.25, 0.3) is 0 Å². The molecule has 2 atom stereocenters. The van der Waals surface area contributed by atoms with E-state index in [1.807, 2.05) is 24.0 Å². The van der Waals surface area contributed by atoms with Crippen LogP contribution in [0, 0.1) is 5.92 Å². The van der Waals surface area contributed by atoms with Gasteiger partial charge < -0.3 is 19.9 Å². The summed E-state index contributed by atoms with van der Waals surface area (Å²) in [6.45, 7) is 7.28. The van der Waals surface area contributed by atoms with Crippen LogP contribution in [0.4, 0.5) is 5.69 Å². The van der Waals surface area contributed by atoms with Crippen molar-refractivity contribution in [3.63, 3.8) is 0 Å². The van der Waals surface area contributed by atoms with Crippen molar-refractivity contribution < 1.29 is 19.2 Å². The maximum Gasteiger partial charge on any atom is 0.279 e. The van der Waals surface area contributed by atoms with Crippen molar-refractivity contribution in [2.45, 2.75) is 26.7 Å². The molecule has 2 N–H and O–H groups in total. The monoisotopic (exact) mass is 348 g/mol. The lowest BCUT2D eigenvalue weighted by Crippen LogP contribution is -3.14. The minimum Gasteiger partial charge on any atom is -0.497 e. The lowest BCUT2D eigenvalue weighted by Gasteiger charge is -2.31. The van der Waals surface area contributed by atoms with Gasteiger partial charge >= 0.3 is 0 Å². The van der Waals surface area contributed by atoms with E-state index in [0.29, 0.717) is 12.5 Å². The summed E-state index contributed by atoms with van der Waals surface area (Å²) in [4.78, 5) is 27.7. The fourth-order valence-corrected chi connectivity index (χ4v) is 3.16. The zero-order valence-corrected chi connectivity index (χ0v) is 15.5. The molecule has 25 heavy (non-hydrogen) atoms.